The van der Waals surface area contributed by atoms with Gasteiger partial charge < -0.3 is 14.4 Å². The van der Waals surface area contributed by atoms with Crippen LogP contribution in [0.3, 0.4) is 0 Å². The molecule has 0 bridgehead atoms. The summed E-state index contributed by atoms with van der Waals surface area (Å²) in [5.41, 5.74) is -0.999. The fourth-order valence-electron chi connectivity index (χ4n) is 2.33. The number of halogens is 2. The molecule has 5 nitrogen and oxygen atoms in total. The third kappa shape index (κ3) is 3.28. The molecule has 0 spiro atoms. The quantitative estimate of drug-likeness (QED) is 0.460. The zero-order valence-electron chi connectivity index (χ0n) is 12.9. The van der Waals surface area contributed by atoms with E-state index >= 15 is 0 Å². The molecule has 1 unspecified atom stereocenters. The van der Waals surface area contributed by atoms with Gasteiger partial charge in [-0.05, 0) is 56.4 Å². The van der Waals surface area contributed by atoms with Crippen LogP contribution >= 0.6 is 22.6 Å². The molecule has 2 heterocycles. The van der Waals surface area contributed by atoms with Crippen molar-refractivity contribution in [1.29, 1.82) is 0 Å². The van der Waals surface area contributed by atoms with Crippen molar-refractivity contribution in [3.63, 3.8) is 0 Å². The van der Waals surface area contributed by atoms with Gasteiger partial charge in [0.05, 0.1) is 17.6 Å². The Morgan fingerprint density at radius 2 is 1.95 bits per heavy atom. The van der Waals surface area contributed by atoms with E-state index in [1.807, 2.05) is 50.3 Å². The molecule has 0 aromatic carbocycles. The Kier molecular flexibility index (Phi) is 4.84. The van der Waals surface area contributed by atoms with Crippen molar-refractivity contribution in [3.8, 4) is 0 Å². The lowest BCUT2D eigenvalue weighted by Gasteiger charge is -2.32. The molecule has 0 radical (unpaired) electrons. The van der Waals surface area contributed by atoms with E-state index in [0.29, 0.717) is 3.57 Å². The summed E-state index contributed by atoms with van der Waals surface area (Å²) in [6.07, 6.45) is 1.05. The third-order valence-electron chi connectivity index (χ3n) is 4.25. The van der Waals surface area contributed by atoms with Gasteiger partial charge in [-0.3, -0.25) is 4.79 Å². The molecule has 0 saturated carbocycles. The molecule has 1 aliphatic heterocycles. The van der Waals surface area contributed by atoms with Crippen molar-refractivity contribution in [3.05, 3.63) is 27.3 Å². The van der Waals surface area contributed by atoms with Crippen LogP contribution in [0.5, 0.6) is 0 Å². The zero-order chi connectivity index (χ0) is 16.7. The first-order valence-corrected chi connectivity index (χ1v) is 8.00. The summed E-state index contributed by atoms with van der Waals surface area (Å²) >= 11 is 1.97. The van der Waals surface area contributed by atoms with Crippen molar-refractivity contribution in [2.45, 2.75) is 51.1 Å². The highest BCUT2D eigenvalue weighted by atomic mass is 127. The normalized spacial score (nSPS) is 20.9. The average Bonchev–Trinajstić information content (AvgIpc) is 2.56. The van der Waals surface area contributed by atoms with E-state index in [0.717, 1.165) is 0 Å². The van der Waals surface area contributed by atoms with Crippen LogP contribution < -0.4 is 0 Å². The van der Waals surface area contributed by atoms with Gasteiger partial charge in [-0.1, -0.05) is 0 Å². The third-order valence-corrected chi connectivity index (χ3v) is 5.19. The smallest absolute Gasteiger partial charge is 0.466 e. The average molecular weight is 421 g/mol. The number of carbonyl (C=O) groups is 1. The summed E-state index contributed by atoms with van der Waals surface area (Å²) in [5, 5.41) is 9.19. The molecule has 22 heavy (non-hydrogen) atoms. The van der Waals surface area contributed by atoms with Crippen molar-refractivity contribution in [2.75, 3.05) is 0 Å². The summed E-state index contributed by atoms with van der Waals surface area (Å²) in [4.78, 5) is 14.9. The Morgan fingerprint density at radius 3 is 2.41 bits per heavy atom. The van der Waals surface area contributed by atoms with E-state index < -0.39 is 36.1 Å². The first-order chi connectivity index (χ1) is 10.0. The van der Waals surface area contributed by atoms with Crippen LogP contribution in [-0.4, -0.2) is 34.4 Å². The standard InChI is InChI=1S/C14H18BFINO4/c1-13(2)14(3,4)22-15(21-13)8(7-10(19)20)11-9(17)5-6-18-12(11)16/h5-6,8H,7H2,1-4H3,(H,19,20). The Bertz CT molecular complexity index is 560. The second-order valence-electron chi connectivity index (χ2n) is 6.33. The van der Waals surface area contributed by atoms with E-state index in [1.165, 1.54) is 6.20 Å². The largest absolute Gasteiger partial charge is 0.481 e. The van der Waals surface area contributed by atoms with E-state index in [2.05, 4.69) is 4.98 Å². The van der Waals surface area contributed by atoms with E-state index in [4.69, 9.17) is 9.31 Å². The van der Waals surface area contributed by atoms with Gasteiger partial charge in [0.2, 0.25) is 5.95 Å². The summed E-state index contributed by atoms with van der Waals surface area (Å²) in [5.74, 6) is -2.49. The van der Waals surface area contributed by atoms with Gasteiger partial charge in [0.15, 0.2) is 0 Å². The lowest BCUT2D eigenvalue weighted by Crippen LogP contribution is -2.41. The summed E-state index contributed by atoms with van der Waals surface area (Å²) < 4.78 is 26.6. The van der Waals surface area contributed by atoms with Crippen LogP contribution in [-0.2, 0) is 14.1 Å². The fourth-order valence-corrected chi connectivity index (χ4v) is 3.11. The number of carboxylic acids is 1. The monoisotopic (exact) mass is 421 g/mol. The molecular formula is C14H18BFINO4. The SMILES string of the molecule is CC1(C)OB(C(CC(=O)O)c2c(I)ccnc2F)OC1(C)C. The predicted octanol–water partition coefficient (Wildman–Crippen LogP) is 3.02. The molecule has 120 valence electrons. The molecule has 0 amide bonds. The Labute approximate surface area is 142 Å². The number of hydrogen-bond donors (Lipinski definition) is 1. The van der Waals surface area contributed by atoms with Crippen LogP contribution in [0.2, 0.25) is 0 Å². The van der Waals surface area contributed by atoms with Crippen LogP contribution in [0.1, 0.15) is 45.5 Å². The Hall–Kier alpha value is -0.735. The lowest BCUT2D eigenvalue weighted by molar-refractivity contribution is -0.137. The predicted molar refractivity (Wildman–Crippen MR) is 88.0 cm³/mol. The first kappa shape index (κ1) is 17.6. The molecule has 1 aromatic heterocycles. The second-order valence-corrected chi connectivity index (χ2v) is 7.49. The van der Waals surface area contributed by atoms with Crippen LogP contribution in [0.4, 0.5) is 4.39 Å². The molecule has 1 fully saturated rings. The van der Waals surface area contributed by atoms with Crippen molar-refractivity contribution < 1.29 is 23.6 Å². The van der Waals surface area contributed by atoms with Crippen LogP contribution in [0, 0.1) is 9.52 Å². The molecule has 1 atom stereocenters. The number of pyridine rings is 1. The Morgan fingerprint density at radius 1 is 1.41 bits per heavy atom. The summed E-state index contributed by atoms with van der Waals surface area (Å²) in [6.45, 7) is 7.48. The van der Waals surface area contributed by atoms with Gasteiger partial charge in [-0.15, -0.1) is 0 Å². The minimum absolute atomic E-state index is 0.226. The molecule has 1 saturated heterocycles. The number of aliphatic carboxylic acids is 1. The first-order valence-electron chi connectivity index (χ1n) is 6.92. The van der Waals surface area contributed by atoms with Crippen molar-refractivity contribution in [2.24, 2.45) is 0 Å². The van der Waals surface area contributed by atoms with E-state index in [9.17, 15) is 14.3 Å². The highest BCUT2D eigenvalue weighted by Gasteiger charge is 2.55. The molecule has 0 aliphatic carbocycles. The number of nitrogens with zero attached hydrogens (tertiary/aromatic N) is 1. The van der Waals surface area contributed by atoms with E-state index in [1.54, 1.807) is 6.07 Å². The molecule has 2 rings (SSSR count). The van der Waals surface area contributed by atoms with Gasteiger partial charge in [0.25, 0.3) is 0 Å². The van der Waals surface area contributed by atoms with Crippen LogP contribution in [0.25, 0.3) is 0 Å². The van der Waals surface area contributed by atoms with Gasteiger partial charge in [-0.25, -0.2) is 4.98 Å². The van der Waals surface area contributed by atoms with Gasteiger partial charge in [-0.2, -0.15) is 4.39 Å². The molecule has 1 N–H and O–H groups in total. The summed E-state index contributed by atoms with van der Waals surface area (Å²) in [6, 6.07) is 1.64. The molecule has 8 heteroatoms. The highest BCUT2D eigenvalue weighted by molar-refractivity contribution is 14.1. The van der Waals surface area contributed by atoms with Crippen LogP contribution in [0.15, 0.2) is 12.3 Å². The molecule has 1 aromatic rings. The van der Waals surface area contributed by atoms with Gasteiger partial charge in [0, 0.05) is 21.1 Å². The second kappa shape index (κ2) is 6.05. The minimum atomic E-state index is -1.04. The molecule has 1 aliphatic rings. The fraction of sp³-hybridized carbons (Fsp3) is 0.571. The summed E-state index contributed by atoms with van der Waals surface area (Å²) in [7, 11) is -0.840. The van der Waals surface area contributed by atoms with Crippen molar-refractivity contribution >= 4 is 35.7 Å². The van der Waals surface area contributed by atoms with Gasteiger partial charge in [0.1, 0.15) is 0 Å². The Balaban J connectivity index is 2.43. The maximum Gasteiger partial charge on any atom is 0.466 e. The highest BCUT2D eigenvalue weighted by Crippen LogP contribution is 2.42. The van der Waals surface area contributed by atoms with Gasteiger partial charge >= 0.3 is 13.1 Å². The number of hydrogen-bond acceptors (Lipinski definition) is 4. The molecular weight excluding hydrogens is 403 g/mol. The van der Waals surface area contributed by atoms with E-state index in [-0.39, 0.29) is 12.0 Å². The number of carboxylic acid groups (broad SMARTS) is 1. The lowest BCUT2D eigenvalue weighted by atomic mass is 9.66. The number of aromatic nitrogens is 1. The number of rotatable bonds is 4. The maximum atomic E-state index is 14.2. The maximum absolute atomic E-state index is 14.2. The minimum Gasteiger partial charge on any atom is -0.481 e. The topological polar surface area (TPSA) is 68.7 Å². The zero-order valence-corrected chi connectivity index (χ0v) is 15.0. The van der Waals surface area contributed by atoms with Crippen molar-refractivity contribution in [1.82, 2.24) is 4.98 Å².